The van der Waals surface area contributed by atoms with Crippen LogP contribution in [0.3, 0.4) is 0 Å². The lowest BCUT2D eigenvalue weighted by Gasteiger charge is -2.28. The molecular formula is C27H34N2O4. The van der Waals surface area contributed by atoms with Crippen molar-refractivity contribution in [1.82, 2.24) is 4.90 Å². The van der Waals surface area contributed by atoms with Crippen LogP contribution in [0, 0.1) is 0 Å². The van der Waals surface area contributed by atoms with Crippen LogP contribution in [0.15, 0.2) is 60.2 Å². The first kappa shape index (κ1) is 24.5. The van der Waals surface area contributed by atoms with Gasteiger partial charge in [0.05, 0.1) is 31.8 Å². The molecule has 0 spiro atoms. The molecule has 2 aromatic carbocycles. The van der Waals surface area contributed by atoms with Crippen LogP contribution in [-0.4, -0.2) is 48.9 Å². The first-order valence-corrected chi connectivity index (χ1v) is 11.8. The Labute approximate surface area is 196 Å². The standard InChI is InChI=1S/C27H34N2O4/c1-5-28(6-2)17-10-18-29-24(20-13-15-22(16-14-20)33-19(3)4)23(26(31)27(29)32)25(30)21-11-8-7-9-12-21/h7-9,11-16,19,24,30H,5-6,10,17-18H2,1-4H3/b25-23+. The number of rotatable bonds is 10. The number of Topliss-reactive ketones (excluding diaryl/α,β-unsaturated/α-hetero) is 1. The largest absolute Gasteiger partial charge is 0.872 e. The second-order valence-electron chi connectivity index (χ2n) is 8.64. The Morgan fingerprint density at radius 3 is 2.24 bits per heavy atom. The van der Waals surface area contributed by atoms with Crippen LogP contribution in [0.2, 0.25) is 0 Å². The molecule has 1 aliphatic heterocycles. The van der Waals surface area contributed by atoms with Crippen molar-refractivity contribution in [1.29, 1.82) is 0 Å². The average Bonchev–Trinajstić information content (AvgIpc) is 3.07. The van der Waals surface area contributed by atoms with E-state index in [1.807, 2.05) is 44.2 Å². The highest BCUT2D eigenvalue weighted by molar-refractivity contribution is 6.46. The molecule has 0 aromatic heterocycles. The fourth-order valence-electron chi connectivity index (χ4n) is 4.30. The van der Waals surface area contributed by atoms with E-state index in [0.29, 0.717) is 17.9 Å². The SMILES string of the molecule is CC[NH+](CC)CCCN1C(=O)C(=O)/C(=C(/[O-])c2ccccc2)C1c1ccc(OC(C)C)cc1. The van der Waals surface area contributed by atoms with Crippen LogP contribution in [0.5, 0.6) is 5.75 Å². The van der Waals surface area contributed by atoms with Crippen molar-refractivity contribution in [2.24, 2.45) is 0 Å². The Balaban J connectivity index is 1.99. The molecule has 0 radical (unpaired) electrons. The third-order valence-corrected chi connectivity index (χ3v) is 6.06. The fraction of sp³-hybridized carbons (Fsp3) is 0.407. The molecule has 176 valence electrons. The molecule has 0 saturated carbocycles. The highest BCUT2D eigenvalue weighted by Gasteiger charge is 2.43. The maximum Gasteiger partial charge on any atom is 0.295 e. The lowest BCUT2D eigenvalue weighted by molar-refractivity contribution is -0.896. The van der Waals surface area contributed by atoms with E-state index in [0.717, 1.165) is 31.6 Å². The molecule has 1 amide bonds. The number of ether oxygens (including phenoxy) is 1. The number of hydrogen-bond acceptors (Lipinski definition) is 4. The summed E-state index contributed by atoms with van der Waals surface area (Å²) in [5.74, 6) is -0.988. The van der Waals surface area contributed by atoms with Gasteiger partial charge in [-0.2, -0.15) is 0 Å². The van der Waals surface area contributed by atoms with Gasteiger partial charge >= 0.3 is 0 Å². The van der Waals surface area contributed by atoms with Crippen molar-refractivity contribution < 1.29 is 24.3 Å². The number of likely N-dealkylation sites (tertiary alicyclic amines) is 1. The Bertz CT molecular complexity index is 979. The van der Waals surface area contributed by atoms with E-state index in [-0.39, 0.29) is 11.7 Å². The zero-order valence-electron chi connectivity index (χ0n) is 20.0. The summed E-state index contributed by atoms with van der Waals surface area (Å²) >= 11 is 0. The maximum absolute atomic E-state index is 13.4. The zero-order chi connectivity index (χ0) is 24.0. The van der Waals surface area contributed by atoms with Gasteiger partial charge in [-0.25, -0.2) is 0 Å². The summed E-state index contributed by atoms with van der Waals surface area (Å²) in [4.78, 5) is 29.1. The number of carbonyl (C=O) groups excluding carboxylic acids is 2. The summed E-state index contributed by atoms with van der Waals surface area (Å²) in [7, 11) is 0. The molecule has 1 atom stereocenters. The van der Waals surface area contributed by atoms with Crippen LogP contribution in [0.25, 0.3) is 5.76 Å². The maximum atomic E-state index is 13.4. The van der Waals surface area contributed by atoms with Crippen LogP contribution >= 0.6 is 0 Å². The van der Waals surface area contributed by atoms with Gasteiger partial charge in [-0.15, -0.1) is 0 Å². The Kier molecular flexibility index (Phi) is 8.28. The molecule has 1 aliphatic rings. The number of quaternary nitrogens is 1. The van der Waals surface area contributed by atoms with E-state index < -0.39 is 23.5 Å². The molecule has 6 nitrogen and oxygen atoms in total. The molecule has 1 fully saturated rings. The number of ketones is 1. The Morgan fingerprint density at radius 1 is 1.03 bits per heavy atom. The van der Waals surface area contributed by atoms with Gasteiger partial charge in [-0.05, 0) is 51.0 Å². The smallest absolute Gasteiger partial charge is 0.295 e. The van der Waals surface area contributed by atoms with Gasteiger partial charge in [0.1, 0.15) is 5.75 Å². The van der Waals surface area contributed by atoms with Gasteiger partial charge < -0.3 is 19.6 Å². The summed E-state index contributed by atoms with van der Waals surface area (Å²) in [6.07, 6.45) is 0.791. The molecule has 6 heteroatoms. The van der Waals surface area contributed by atoms with Crippen molar-refractivity contribution in [2.45, 2.75) is 46.3 Å². The first-order valence-electron chi connectivity index (χ1n) is 11.8. The van der Waals surface area contributed by atoms with Gasteiger partial charge in [-0.3, -0.25) is 9.59 Å². The minimum Gasteiger partial charge on any atom is -0.872 e. The predicted molar refractivity (Wildman–Crippen MR) is 127 cm³/mol. The molecule has 1 heterocycles. The topological polar surface area (TPSA) is 74.1 Å². The van der Waals surface area contributed by atoms with E-state index in [9.17, 15) is 14.7 Å². The molecule has 2 aromatic rings. The molecule has 1 saturated heterocycles. The molecule has 1 unspecified atom stereocenters. The normalized spacial score (nSPS) is 17.9. The molecule has 3 rings (SSSR count). The highest BCUT2D eigenvalue weighted by Crippen LogP contribution is 2.39. The fourth-order valence-corrected chi connectivity index (χ4v) is 4.30. The highest BCUT2D eigenvalue weighted by atomic mass is 16.5. The van der Waals surface area contributed by atoms with Crippen LogP contribution < -0.4 is 14.7 Å². The van der Waals surface area contributed by atoms with Gasteiger partial charge in [0.25, 0.3) is 5.91 Å². The third-order valence-electron chi connectivity index (χ3n) is 6.06. The van der Waals surface area contributed by atoms with Gasteiger partial charge in [0.2, 0.25) is 5.78 Å². The summed E-state index contributed by atoms with van der Waals surface area (Å²) in [6.45, 7) is 11.5. The van der Waals surface area contributed by atoms with E-state index in [1.165, 1.54) is 4.90 Å². The number of nitrogens with zero attached hydrogens (tertiary/aromatic N) is 1. The second kappa shape index (κ2) is 11.1. The molecule has 0 aliphatic carbocycles. The predicted octanol–water partition coefficient (Wildman–Crippen LogP) is 2.01. The van der Waals surface area contributed by atoms with E-state index in [2.05, 4.69) is 13.8 Å². The van der Waals surface area contributed by atoms with E-state index in [4.69, 9.17) is 4.74 Å². The lowest BCUT2D eigenvalue weighted by Crippen LogP contribution is -3.11. The molecular weight excluding hydrogens is 416 g/mol. The Hall–Kier alpha value is -3.12. The minimum absolute atomic E-state index is 0.0268. The molecule has 1 N–H and O–H groups in total. The van der Waals surface area contributed by atoms with Gasteiger partial charge in [-0.1, -0.05) is 48.2 Å². The summed E-state index contributed by atoms with van der Waals surface area (Å²) in [5, 5.41) is 13.4. The first-order chi connectivity index (χ1) is 15.9. The molecule has 0 bridgehead atoms. The van der Waals surface area contributed by atoms with Crippen LogP contribution in [0.4, 0.5) is 0 Å². The van der Waals surface area contributed by atoms with Crippen LogP contribution in [0.1, 0.15) is 51.3 Å². The van der Waals surface area contributed by atoms with E-state index >= 15 is 0 Å². The minimum atomic E-state index is -0.702. The van der Waals surface area contributed by atoms with E-state index in [1.54, 1.807) is 29.2 Å². The quantitative estimate of drug-likeness (QED) is 0.341. The van der Waals surface area contributed by atoms with Crippen molar-refractivity contribution in [3.63, 3.8) is 0 Å². The third kappa shape index (κ3) is 5.63. The summed E-state index contributed by atoms with van der Waals surface area (Å²) in [5.41, 5.74) is 1.17. The van der Waals surface area contributed by atoms with Gasteiger partial charge in [0, 0.05) is 18.5 Å². The monoisotopic (exact) mass is 450 g/mol. The number of nitrogens with one attached hydrogen (secondary N) is 1. The average molecular weight is 451 g/mol. The summed E-state index contributed by atoms with van der Waals surface area (Å²) < 4.78 is 5.74. The lowest BCUT2D eigenvalue weighted by atomic mass is 9.95. The zero-order valence-corrected chi connectivity index (χ0v) is 20.0. The van der Waals surface area contributed by atoms with Crippen molar-refractivity contribution >= 4 is 17.4 Å². The van der Waals surface area contributed by atoms with Crippen molar-refractivity contribution in [3.8, 4) is 5.75 Å². The number of benzene rings is 2. The van der Waals surface area contributed by atoms with Crippen molar-refractivity contribution in [3.05, 3.63) is 71.3 Å². The summed E-state index contributed by atoms with van der Waals surface area (Å²) in [6, 6.07) is 15.3. The molecule has 33 heavy (non-hydrogen) atoms. The Morgan fingerprint density at radius 2 is 1.67 bits per heavy atom. The van der Waals surface area contributed by atoms with Gasteiger partial charge in [0.15, 0.2) is 0 Å². The number of amides is 1. The number of carbonyl (C=O) groups is 2. The van der Waals surface area contributed by atoms with Crippen LogP contribution in [-0.2, 0) is 9.59 Å². The number of hydrogen-bond donors (Lipinski definition) is 1. The van der Waals surface area contributed by atoms with Crippen molar-refractivity contribution in [2.75, 3.05) is 26.2 Å². The second-order valence-corrected chi connectivity index (χ2v) is 8.64.